The molecule has 0 amide bonds. The molecule has 0 aromatic carbocycles. The lowest BCUT2D eigenvalue weighted by molar-refractivity contribution is 0.151. The number of aromatic nitrogens is 3. The minimum Gasteiger partial charge on any atom is -0.351 e. The van der Waals surface area contributed by atoms with Crippen LogP contribution >= 0.6 is 11.3 Å². The maximum Gasteiger partial charge on any atom is 0.289 e. The van der Waals surface area contributed by atoms with E-state index in [4.69, 9.17) is 0 Å². The molecule has 12 heteroatoms. The normalized spacial score (nSPS) is 16.8. The molecule has 1 fully saturated rings. The second-order valence-electron chi connectivity index (χ2n) is 6.24. The summed E-state index contributed by atoms with van der Waals surface area (Å²) in [5.41, 5.74) is 0.197. The summed E-state index contributed by atoms with van der Waals surface area (Å²) in [5, 5.41) is 2.68. The minimum atomic E-state index is -3.22. The van der Waals surface area contributed by atoms with Crippen LogP contribution in [0.2, 0.25) is 0 Å². The standard InChI is InChI=1S/C15H18F3N5O2S2/c1-8-12(26-14(20-8)13(17)18)11-10(16)7-19-15(22-11)21-9-3-5-23(6-4-9)27(2,24)25/h7,9,13H,3-6H2,1-2H3,(H,19,21,22). The Balaban J connectivity index is 1.77. The molecule has 3 rings (SSSR count). The number of piperidine rings is 1. The Bertz CT molecular complexity index is 928. The summed E-state index contributed by atoms with van der Waals surface area (Å²) >= 11 is 0.700. The van der Waals surface area contributed by atoms with Crippen LogP contribution in [0.1, 0.15) is 30.0 Å². The quantitative estimate of drug-likeness (QED) is 0.799. The van der Waals surface area contributed by atoms with Crippen molar-refractivity contribution in [3.63, 3.8) is 0 Å². The van der Waals surface area contributed by atoms with Crippen LogP contribution in [0.15, 0.2) is 6.20 Å². The maximum atomic E-state index is 14.2. The lowest BCUT2D eigenvalue weighted by atomic mass is 10.1. The number of hydrogen-bond acceptors (Lipinski definition) is 7. The van der Waals surface area contributed by atoms with Gasteiger partial charge in [0.2, 0.25) is 16.0 Å². The molecule has 0 atom stereocenters. The van der Waals surface area contributed by atoms with Crippen LogP contribution in [0.3, 0.4) is 0 Å². The Morgan fingerprint density at radius 3 is 2.52 bits per heavy atom. The largest absolute Gasteiger partial charge is 0.351 e. The summed E-state index contributed by atoms with van der Waals surface area (Å²) in [6.07, 6.45) is 0.528. The predicted octanol–water partition coefficient (Wildman–Crippen LogP) is 2.82. The lowest BCUT2D eigenvalue weighted by Gasteiger charge is -2.30. The third-order valence-electron chi connectivity index (χ3n) is 4.22. The molecule has 0 aliphatic carbocycles. The summed E-state index contributed by atoms with van der Waals surface area (Å²) in [6, 6.07) is -0.0690. The van der Waals surface area contributed by atoms with Crippen LogP contribution in [0.25, 0.3) is 10.6 Å². The Kier molecular flexibility index (Phi) is 5.68. The van der Waals surface area contributed by atoms with Gasteiger partial charge in [-0.15, -0.1) is 11.3 Å². The van der Waals surface area contributed by atoms with Crippen molar-refractivity contribution < 1.29 is 21.6 Å². The van der Waals surface area contributed by atoms with Crippen LogP contribution in [-0.2, 0) is 10.0 Å². The first-order valence-corrected chi connectivity index (χ1v) is 10.8. The predicted molar refractivity (Wildman–Crippen MR) is 95.9 cm³/mol. The van der Waals surface area contributed by atoms with Crippen molar-refractivity contribution in [3.8, 4) is 10.6 Å². The van der Waals surface area contributed by atoms with Gasteiger partial charge in [0.1, 0.15) is 5.69 Å². The summed E-state index contributed by atoms with van der Waals surface area (Å²) < 4.78 is 64.4. The molecular weight excluding hydrogens is 403 g/mol. The molecule has 0 unspecified atom stereocenters. The average Bonchev–Trinajstić information content (AvgIpc) is 2.98. The van der Waals surface area contributed by atoms with Gasteiger partial charge in [-0.1, -0.05) is 0 Å². The number of hydrogen-bond donors (Lipinski definition) is 1. The van der Waals surface area contributed by atoms with Crippen LogP contribution in [0.5, 0.6) is 0 Å². The van der Waals surface area contributed by atoms with Gasteiger partial charge < -0.3 is 5.32 Å². The number of halogens is 3. The fraction of sp³-hybridized carbons (Fsp3) is 0.533. The second-order valence-corrected chi connectivity index (χ2v) is 9.25. The van der Waals surface area contributed by atoms with Crippen molar-refractivity contribution in [1.29, 1.82) is 0 Å². The van der Waals surface area contributed by atoms with E-state index in [1.165, 1.54) is 17.5 Å². The van der Waals surface area contributed by atoms with E-state index in [0.29, 0.717) is 37.3 Å². The van der Waals surface area contributed by atoms with Crippen molar-refractivity contribution in [1.82, 2.24) is 19.3 Å². The number of nitrogens with one attached hydrogen (secondary N) is 1. The number of anilines is 1. The molecule has 0 bridgehead atoms. The molecule has 1 N–H and O–H groups in total. The lowest BCUT2D eigenvalue weighted by Crippen LogP contribution is -2.42. The van der Waals surface area contributed by atoms with E-state index >= 15 is 0 Å². The van der Waals surface area contributed by atoms with E-state index in [-0.39, 0.29) is 33.3 Å². The SMILES string of the molecule is Cc1nc(C(F)F)sc1-c1nc(NC2CCN(S(C)(=O)=O)CC2)ncc1F. The first-order valence-electron chi connectivity index (χ1n) is 8.15. The van der Waals surface area contributed by atoms with Crippen molar-refractivity contribution in [2.75, 3.05) is 24.7 Å². The number of sulfonamides is 1. The fourth-order valence-electron chi connectivity index (χ4n) is 2.84. The molecule has 2 aromatic rings. The molecule has 2 aromatic heterocycles. The van der Waals surface area contributed by atoms with E-state index in [9.17, 15) is 21.6 Å². The van der Waals surface area contributed by atoms with Crippen molar-refractivity contribution in [2.24, 2.45) is 0 Å². The molecule has 3 heterocycles. The summed E-state index contributed by atoms with van der Waals surface area (Å²) in [4.78, 5) is 12.0. The number of aryl methyl sites for hydroxylation is 1. The van der Waals surface area contributed by atoms with Gasteiger partial charge >= 0.3 is 0 Å². The van der Waals surface area contributed by atoms with E-state index in [0.717, 1.165) is 6.20 Å². The smallest absolute Gasteiger partial charge is 0.289 e. The highest BCUT2D eigenvalue weighted by molar-refractivity contribution is 7.88. The zero-order chi connectivity index (χ0) is 19.8. The zero-order valence-corrected chi connectivity index (χ0v) is 16.2. The molecule has 1 saturated heterocycles. The highest BCUT2D eigenvalue weighted by Gasteiger charge is 2.26. The maximum absolute atomic E-state index is 14.2. The van der Waals surface area contributed by atoms with Gasteiger partial charge in [0.15, 0.2) is 10.8 Å². The molecule has 1 aliphatic rings. The fourth-order valence-corrected chi connectivity index (χ4v) is 4.63. The third kappa shape index (κ3) is 4.55. The minimum absolute atomic E-state index is 0.0690. The topological polar surface area (TPSA) is 88.1 Å². The van der Waals surface area contributed by atoms with Gasteiger partial charge in [-0.25, -0.2) is 40.8 Å². The van der Waals surface area contributed by atoms with Crippen LogP contribution in [-0.4, -0.2) is 53.1 Å². The van der Waals surface area contributed by atoms with Crippen LogP contribution in [0.4, 0.5) is 19.1 Å². The first kappa shape index (κ1) is 20.0. The second kappa shape index (κ2) is 7.68. The van der Waals surface area contributed by atoms with Gasteiger partial charge in [0.05, 0.1) is 23.0 Å². The van der Waals surface area contributed by atoms with Gasteiger partial charge in [0.25, 0.3) is 6.43 Å². The van der Waals surface area contributed by atoms with Crippen molar-refractivity contribution in [3.05, 3.63) is 22.7 Å². The van der Waals surface area contributed by atoms with Gasteiger partial charge in [-0.2, -0.15) is 0 Å². The highest BCUT2D eigenvalue weighted by Crippen LogP contribution is 2.34. The number of thiazole rings is 1. The van der Waals surface area contributed by atoms with Crippen LogP contribution < -0.4 is 5.32 Å². The van der Waals surface area contributed by atoms with Crippen LogP contribution in [0, 0.1) is 12.7 Å². The summed E-state index contributed by atoms with van der Waals surface area (Å²) in [5.74, 6) is -0.560. The molecule has 148 valence electrons. The number of nitrogens with zero attached hydrogens (tertiary/aromatic N) is 4. The molecule has 7 nitrogen and oxygen atoms in total. The average molecular weight is 421 g/mol. The summed E-state index contributed by atoms with van der Waals surface area (Å²) in [6.45, 7) is 2.26. The number of alkyl halides is 2. The monoisotopic (exact) mass is 421 g/mol. The molecule has 1 aliphatic heterocycles. The van der Waals surface area contributed by atoms with Crippen molar-refractivity contribution in [2.45, 2.75) is 32.2 Å². The van der Waals surface area contributed by atoms with E-state index in [2.05, 4.69) is 20.3 Å². The Morgan fingerprint density at radius 2 is 1.96 bits per heavy atom. The Hall–Kier alpha value is -1.79. The van der Waals surface area contributed by atoms with E-state index in [1.54, 1.807) is 0 Å². The molecule has 0 saturated carbocycles. The molecule has 27 heavy (non-hydrogen) atoms. The van der Waals surface area contributed by atoms with Gasteiger partial charge in [-0.05, 0) is 19.8 Å². The van der Waals surface area contributed by atoms with Crippen molar-refractivity contribution >= 4 is 27.3 Å². The zero-order valence-electron chi connectivity index (χ0n) is 14.6. The van der Waals surface area contributed by atoms with E-state index < -0.39 is 22.3 Å². The Morgan fingerprint density at radius 1 is 1.30 bits per heavy atom. The first-order chi connectivity index (χ1) is 12.6. The van der Waals surface area contributed by atoms with Gasteiger partial charge in [-0.3, -0.25) is 0 Å². The summed E-state index contributed by atoms with van der Waals surface area (Å²) in [7, 11) is -3.22. The highest BCUT2D eigenvalue weighted by atomic mass is 32.2. The molecule has 0 spiro atoms. The molecule has 0 radical (unpaired) electrons. The molecular formula is C15H18F3N5O2S2. The third-order valence-corrected chi connectivity index (χ3v) is 6.69. The van der Waals surface area contributed by atoms with Gasteiger partial charge in [0, 0.05) is 19.1 Å². The number of rotatable bonds is 5. The Labute approximate surface area is 158 Å². The van der Waals surface area contributed by atoms with E-state index in [1.807, 2.05) is 0 Å².